The van der Waals surface area contributed by atoms with Gasteiger partial charge in [0.25, 0.3) is 0 Å². The maximum absolute atomic E-state index is 6.38. The Kier molecular flexibility index (Phi) is 5.00. The van der Waals surface area contributed by atoms with Crippen molar-refractivity contribution in [1.82, 2.24) is 0 Å². The molecular formula is C24H30B2O4S4. The summed E-state index contributed by atoms with van der Waals surface area (Å²) in [6.07, 6.45) is 0. The van der Waals surface area contributed by atoms with E-state index in [1.807, 2.05) is 45.3 Å². The second kappa shape index (κ2) is 7.10. The molecule has 0 radical (unpaired) electrons. The normalized spacial score (nSPS) is 23.4. The molecule has 4 aromatic heterocycles. The molecule has 0 aliphatic carbocycles. The second-order valence-electron chi connectivity index (χ2n) is 11.5. The Morgan fingerprint density at radius 2 is 0.706 bits per heavy atom. The first-order valence-electron chi connectivity index (χ1n) is 11.7. The van der Waals surface area contributed by atoms with Gasteiger partial charge in [0, 0.05) is 19.0 Å². The summed E-state index contributed by atoms with van der Waals surface area (Å²) < 4.78 is 36.2. The topological polar surface area (TPSA) is 36.9 Å². The van der Waals surface area contributed by atoms with E-state index in [4.69, 9.17) is 18.6 Å². The average molecular weight is 532 g/mol. The van der Waals surface area contributed by atoms with E-state index in [0.717, 1.165) is 0 Å². The molecule has 0 amide bonds. The summed E-state index contributed by atoms with van der Waals surface area (Å²) in [5.74, 6) is 0. The third-order valence-electron chi connectivity index (χ3n) is 8.22. The predicted octanol–water partition coefficient (Wildman–Crippen LogP) is 6.61. The zero-order valence-corrected chi connectivity index (χ0v) is 24.7. The van der Waals surface area contributed by atoms with E-state index in [0.29, 0.717) is 0 Å². The van der Waals surface area contributed by atoms with E-state index < -0.39 is 0 Å². The molecule has 0 bridgehead atoms. The van der Waals surface area contributed by atoms with Crippen LogP contribution in [-0.2, 0) is 18.6 Å². The predicted molar refractivity (Wildman–Crippen MR) is 151 cm³/mol. The molecule has 6 heterocycles. The summed E-state index contributed by atoms with van der Waals surface area (Å²) in [5, 5.41) is 0. The van der Waals surface area contributed by atoms with Gasteiger partial charge in [-0.05, 0) is 80.4 Å². The molecule has 0 atom stereocenters. The van der Waals surface area contributed by atoms with E-state index in [1.165, 1.54) is 48.9 Å². The van der Waals surface area contributed by atoms with Gasteiger partial charge in [-0.2, -0.15) is 0 Å². The maximum atomic E-state index is 6.38. The Hall–Kier alpha value is -0.450. The van der Waals surface area contributed by atoms with Crippen molar-refractivity contribution < 1.29 is 18.6 Å². The van der Waals surface area contributed by atoms with E-state index in [-0.39, 0.29) is 36.6 Å². The van der Waals surface area contributed by atoms with Crippen LogP contribution in [0.4, 0.5) is 0 Å². The third-order valence-corrected chi connectivity index (χ3v) is 14.2. The highest BCUT2D eigenvalue weighted by atomic mass is 32.1. The van der Waals surface area contributed by atoms with Gasteiger partial charge in [0.1, 0.15) is 0 Å². The van der Waals surface area contributed by atoms with Crippen LogP contribution in [0.3, 0.4) is 0 Å². The quantitative estimate of drug-likeness (QED) is 0.273. The first kappa shape index (κ1) is 23.9. The molecule has 0 unspecified atom stereocenters. The molecule has 4 nitrogen and oxygen atoms in total. The second-order valence-corrected chi connectivity index (χ2v) is 15.7. The SMILES string of the molecule is Cc1c(B2OC(C)(C)C(C)(C)O2)sc2c1sc1c3sc(B4OC(C)(C)C(C)(C)O4)c(C)c3sc21. The molecule has 2 aliphatic heterocycles. The first-order chi connectivity index (χ1) is 15.6. The molecule has 34 heavy (non-hydrogen) atoms. The van der Waals surface area contributed by atoms with E-state index in [2.05, 4.69) is 69.2 Å². The van der Waals surface area contributed by atoms with Crippen LogP contribution in [-0.4, -0.2) is 36.6 Å². The van der Waals surface area contributed by atoms with Crippen molar-refractivity contribution in [3.05, 3.63) is 11.1 Å². The monoisotopic (exact) mass is 532 g/mol. The molecule has 0 N–H and O–H groups in total. The zero-order valence-electron chi connectivity index (χ0n) is 21.4. The molecule has 10 heteroatoms. The molecule has 0 saturated carbocycles. The number of fused-ring (bicyclic) bond motifs is 5. The minimum absolute atomic E-state index is 0.303. The first-order valence-corrected chi connectivity index (χ1v) is 15.0. The molecule has 0 spiro atoms. The van der Waals surface area contributed by atoms with Gasteiger partial charge in [-0.3, -0.25) is 0 Å². The third kappa shape index (κ3) is 3.09. The van der Waals surface area contributed by atoms with Crippen molar-refractivity contribution in [3.63, 3.8) is 0 Å². The van der Waals surface area contributed by atoms with Crippen LogP contribution < -0.4 is 9.55 Å². The Morgan fingerprint density at radius 3 is 1.00 bits per heavy atom. The Balaban J connectivity index is 1.43. The lowest BCUT2D eigenvalue weighted by molar-refractivity contribution is 0.00578. The van der Waals surface area contributed by atoms with Crippen molar-refractivity contribution in [3.8, 4) is 0 Å². The molecule has 2 fully saturated rings. The Morgan fingerprint density at radius 1 is 0.441 bits per heavy atom. The minimum atomic E-state index is -0.330. The van der Waals surface area contributed by atoms with Crippen LogP contribution in [0, 0.1) is 13.8 Å². The number of hydrogen-bond donors (Lipinski definition) is 0. The minimum Gasteiger partial charge on any atom is -0.399 e. The smallest absolute Gasteiger partial charge is 0.399 e. The zero-order chi connectivity index (χ0) is 24.6. The summed E-state index contributed by atoms with van der Waals surface area (Å²) in [5.41, 5.74) is 1.26. The van der Waals surface area contributed by atoms with Crippen LogP contribution >= 0.6 is 45.3 Å². The van der Waals surface area contributed by atoms with E-state index >= 15 is 0 Å². The van der Waals surface area contributed by atoms with Crippen LogP contribution in [0.1, 0.15) is 66.5 Å². The summed E-state index contributed by atoms with van der Waals surface area (Å²) in [6.45, 7) is 21.4. The standard InChI is InChI=1S/C24H30B2O4S4/c1-11-13-15(33-19(11)25-27-21(3,4)22(5,6)28-25)17-18(31-13)16-14(32-17)12(2)20(34-16)26-29-23(7,8)24(9,10)30-26/h1-10H3. The number of hydrogen-bond acceptors (Lipinski definition) is 8. The van der Waals surface area contributed by atoms with Gasteiger partial charge in [-0.15, -0.1) is 45.3 Å². The maximum Gasteiger partial charge on any atom is 0.505 e. The Labute approximate surface area is 217 Å². The van der Waals surface area contributed by atoms with Crippen LogP contribution in [0.5, 0.6) is 0 Å². The van der Waals surface area contributed by atoms with Crippen molar-refractivity contribution in [1.29, 1.82) is 0 Å². The summed E-state index contributed by atoms with van der Waals surface area (Å²) in [4.78, 5) is 0. The molecule has 4 aromatic rings. The molecule has 2 aliphatic rings. The van der Waals surface area contributed by atoms with Gasteiger partial charge >= 0.3 is 14.2 Å². The largest absolute Gasteiger partial charge is 0.505 e. The summed E-state index contributed by atoms with van der Waals surface area (Å²) in [6, 6.07) is 0. The van der Waals surface area contributed by atoms with E-state index in [1.54, 1.807) is 0 Å². The van der Waals surface area contributed by atoms with Gasteiger partial charge in [0.05, 0.1) is 41.2 Å². The van der Waals surface area contributed by atoms with Crippen LogP contribution in [0.2, 0.25) is 0 Å². The van der Waals surface area contributed by atoms with Crippen molar-refractivity contribution in [2.24, 2.45) is 0 Å². The van der Waals surface area contributed by atoms with Gasteiger partial charge in [-0.1, -0.05) is 0 Å². The Bertz CT molecular complexity index is 1330. The van der Waals surface area contributed by atoms with Gasteiger partial charge in [0.2, 0.25) is 0 Å². The average Bonchev–Trinajstić information content (AvgIpc) is 3.45. The van der Waals surface area contributed by atoms with E-state index in [9.17, 15) is 0 Å². The number of thiophene rings is 4. The lowest BCUT2D eigenvalue weighted by Gasteiger charge is -2.32. The fourth-order valence-electron chi connectivity index (χ4n) is 4.52. The molecule has 6 rings (SSSR count). The highest BCUT2D eigenvalue weighted by Gasteiger charge is 2.54. The lowest BCUT2D eigenvalue weighted by Crippen LogP contribution is -2.41. The highest BCUT2D eigenvalue weighted by molar-refractivity contribution is 7.47. The molecule has 180 valence electrons. The van der Waals surface area contributed by atoms with Crippen molar-refractivity contribution >= 4 is 97.3 Å². The fourth-order valence-corrected chi connectivity index (χ4v) is 10.5. The van der Waals surface area contributed by atoms with Crippen molar-refractivity contribution in [2.45, 2.75) is 91.6 Å². The van der Waals surface area contributed by atoms with Crippen LogP contribution in [0.15, 0.2) is 0 Å². The number of rotatable bonds is 2. The number of aryl methyl sites for hydroxylation is 2. The van der Waals surface area contributed by atoms with Crippen molar-refractivity contribution in [2.75, 3.05) is 0 Å². The summed E-state index contributed by atoms with van der Waals surface area (Å²) >= 11 is 7.49. The molecule has 0 aromatic carbocycles. The molecule has 2 saturated heterocycles. The summed E-state index contributed by atoms with van der Waals surface area (Å²) in [7, 11) is -0.607. The highest BCUT2D eigenvalue weighted by Crippen LogP contribution is 2.50. The fraction of sp³-hybridized carbons (Fsp3) is 0.583. The molecular weight excluding hydrogens is 502 g/mol. The van der Waals surface area contributed by atoms with Gasteiger partial charge in [0.15, 0.2) is 0 Å². The van der Waals surface area contributed by atoms with Gasteiger partial charge < -0.3 is 18.6 Å². The van der Waals surface area contributed by atoms with Crippen LogP contribution in [0.25, 0.3) is 28.2 Å². The lowest BCUT2D eigenvalue weighted by atomic mass is 9.85. The van der Waals surface area contributed by atoms with Gasteiger partial charge in [-0.25, -0.2) is 0 Å².